The fraction of sp³-hybridized carbons (Fsp3) is 0.417. The van der Waals surface area contributed by atoms with Crippen LogP contribution in [0.15, 0.2) is 36.4 Å². The number of nitrogens with one attached hydrogen (secondary N) is 2. The lowest BCUT2D eigenvalue weighted by atomic mass is 9.96. The third kappa shape index (κ3) is 6.98. The van der Waals surface area contributed by atoms with E-state index in [2.05, 4.69) is 15.5 Å². The number of ether oxygens (including phenoxy) is 1. The number of hydrogen-bond donors (Lipinski definition) is 4. The number of nitrogens with two attached hydrogens (primary N) is 1. The summed E-state index contributed by atoms with van der Waals surface area (Å²) in [6.07, 6.45) is 1.29. The molecule has 1 aliphatic rings. The summed E-state index contributed by atoms with van der Waals surface area (Å²) >= 11 is 6.06. The summed E-state index contributed by atoms with van der Waals surface area (Å²) in [4.78, 5) is 26.1. The lowest BCUT2D eigenvalue weighted by Crippen LogP contribution is -2.40. The monoisotopic (exact) mass is 492 g/mol. The van der Waals surface area contributed by atoms with Gasteiger partial charge in [0, 0.05) is 19.2 Å². The van der Waals surface area contributed by atoms with Crippen molar-refractivity contribution in [2.24, 2.45) is 5.92 Å². The summed E-state index contributed by atoms with van der Waals surface area (Å²) in [5.41, 5.74) is 7.21. The van der Waals surface area contributed by atoms with E-state index in [1.54, 1.807) is 12.1 Å². The van der Waals surface area contributed by atoms with E-state index in [1.165, 1.54) is 31.4 Å². The molecule has 1 aliphatic heterocycles. The Balaban J connectivity index is 1.47. The number of hydrogen-bond acceptors (Lipinski definition) is 5. The molecule has 0 bridgehead atoms. The Bertz CT molecular complexity index is 997. The van der Waals surface area contributed by atoms with Gasteiger partial charge >= 0.3 is 6.09 Å². The molecule has 0 radical (unpaired) electrons. The molecule has 184 valence electrons. The number of benzene rings is 2. The second kappa shape index (κ2) is 11.9. The molecule has 5 N–H and O–H groups in total. The van der Waals surface area contributed by atoms with Gasteiger partial charge < -0.3 is 31.1 Å². The highest BCUT2D eigenvalue weighted by molar-refractivity contribution is 6.33. The molecule has 8 nitrogen and oxygen atoms in total. The Kier molecular flexibility index (Phi) is 8.95. The largest absolute Gasteiger partial charge is 0.496 e. The minimum absolute atomic E-state index is 0.261. The molecule has 10 heteroatoms. The average molecular weight is 493 g/mol. The van der Waals surface area contributed by atoms with Crippen LogP contribution in [0.25, 0.3) is 0 Å². The number of rotatable bonds is 9. The van der Waals surface area contributed by atoms with Gasteiger partial charge in [-0.25, -0.2) is 9.18 Å². The first-order valence-corrected chi connectivity index (χ1v) is 11.5. The van der Waals surface area contributed by atoms with Crippen LogP contribution in [0.5, 0.6) is 5.75 Å². The highest BCUT2D eigenvalue weighted by Crippen LogP contribution is 2.29. The second-order valence-electron chi connectivity index (χ2n) is 8.41. The second-order valence-corrected chi connectivity index (χ2v) is 8.82. The van der Waals surface area contributed by atoms with E-state index in [0.717, 1.165) is 31.5 Å². The number of carbonyl (C=O) groups excluding carboxylic acids is 1. The summed E-state index contributed by atoms with van der Waals surface area (Å²) in [6, 6.07) is 8.52. The number of carboxylic acid groups (broad SMARTS) is 1. The lowest BCUT2D eigenvalue weighted by molar-refractivity contribution is 0.0932. The number of nitrogens with zero attached hydrogens (tertiary/aromatic N) is 1. The number of nitrogen functional groups attached to an aromatic ring is 1. The first kappa shape index (κ1) is 25.6. The highest BCUT2D eigenvalue weighted by atomic mass is 35.5. The maximum Gasteiger partial charge on any atom is 0.405 e. The molecule has 0 spiro atoms. The van der Waals surface area contributed by atoms with Crippen molar-refractivity contribution < 1.29 is 23.8 Å². The Morgan fingerprint density at radius 2 is 1.94 bits per heavy atom. The molecular weight excluding hydrogens is 463 g/mol. The SMILES string of the molecule is COc1cc(N)c(Cl)cc1C(=O)NCC1CCN(CC[C@H](NC(=O)O)c2ccc(F)cc2)CC1. The minimum atomic E-state index is -1.11. The van der Waals surface area contributed by atoms with Gasteiger partial charge in [-0.2, -0.15) is 0 Å². The molecule has 2 amide bonds. The fourth-order valence-electron chi connectivity index (χ4n) is 4.14. The van der Waals surface area contributed by atoms with E-state index in [0.29, 0.717) is 47.5 Å². The van der Waals surface area contributed by atoms with E-state index in [9.17, 15) is 14.0 Å². The normalized spacial score (nSPS) is 15.5. The van der Waals surface area contributed by atoms with Gasteiger partial charge in [0.15, 0.2) is 0 Å². The van der Waals surface area contributed by atoms with Gasteiger partial charge in [-0.1, -0.05) is 23.7 Å². The van der Waals surface area contributed by atoms with E-state index in [-0.39, 0.29) is 11.7 Å². The first-order valence-electron chi connectivity index (χ1n) is 11.1. The number of carbonyl (C=O) groups is 2. The van der Waals surface area contributed by atoms with Crippen molar-refractivity contribution in [3.05, 3.63) is 58.4 Å². The predicted molar refractivity (Wildman–Crippen MR) is 129 cm³/mol. The van der Waals surface area contributed by atoms with Crippen LogP contribution >= 0.6 is 11.6 Å². The molecule has 0 aliphatic carbocycles. The smallest absolute Gasteiger partial charge is 0.405 e. The maximum absolute atomic E-state index is 13.2. The molecular formula is C24H30ClFN4O4. The van der Waals surface area contributed by atoms with Gasteiger partial charge in [0.1, 0.15) is 11.6 Å². The zero-order valence-electron chi connectivity index (χ0n) is 19.0. The zero-order chi connectivity index (χ0) is 24.7. The first-order chi connectivity index (χ1) is 16.3. The summed E-state index contributed by atoms with van der Waals surface area (Å²) in [6.45, 7) is 2.95. The molecule has 3 rings (SSSR count). The van der Waals surface area contributed by atoms with Crippen molar-refractivity contribution in [3.8, 4) is 5.75 Å². The third-order valence-electron chi connectivity index (χ3n) is 6.13. The molecule has 2 aromatic carbocycles. The van der Waals surface area contributed by atoms with Crippen molar-refractivity contribution in [2.75, 3.05) is 39.0 Å². The Morgan fingerprint density at radius 3 is 2.56 bits per heavy atom. The topological polar surface area (TPSA) is 117 Å². The van der Waals surface area contributed by atoms with Crippen molar-refractivity contribution in [1.82, 2.24) is 15.5 Å². The van der Waals surface area contributed by atoms with Crippen molar-refractivity contribution >= 4 is 29.3 Å². The van der Waals surface area contributed by atoms with Gasteiger partial charge in [-0.05, 0) is 62.0 Å². The van der Waals surface area contributed by atoms with Crippen LogP contribution in [0.4, 0.5) is 14.9 Å². The lowest BCUT2D eigenvalue weighted by Gasteiger charge is -2.33. The van der Waals surface area contributed by atoms with Crippen LogP contribution in [0.2, 0.25) is 5.02 Å². The molecule has 34 heavy (non-hydrogen) atoms. The van der Waals surface area contributed by atoms with Crippen LogP contribution in [-0.4, -0.2) is 55.3 Å². The third-order valence-corrected chi connectivity index (χ3v) is 6.45. The summed E-state index contributed by atoms with van der Waals surface area (Å²) in [5.74, 6) is 0.0911. The number of anilines is 1. The maximum atomic E-state index is 13.2. The van der Waals surface area contributed by atoms with Gasteiger partial charge in [0.25, 0.3) is 5.91 Å². The average Bonchev–Trinajstić information content (AvgIpc) is 2.82. The molecule has 1 heterocycles. The summed E-state index contributed by atoms with van der Waals surface area (Å²) < 4.78 is 18.5. The summed E-state index contributed by atoms with van der Waals surface area (Å²) in [5, 5.41) is 14.9. The van der Waals surface area contributed by atoms with E-state index < -0.39 is 12.1 Å². The van der Waals surface area contributed by atoms with Crippen LogP contribution in [0.3, 0.4) is 0 Å². The van der Waals surface area contributed by atoms with Crippen LogP contribution in [0.1, 0.15) is 41.2 Å². The van der Waals surface area contributed by atoms with Crippen LogP contribution < -0.4 is 21.1 Å². The number of methoxy groups -OCH3 is 1. The number of amides is 2. The van der Waals surface area contributed by atoms with E-state index in [1.807, 2.05) is 0 Å². The number of piperidine rings is 1. The zero-order valence-corrected chi connectivity index (χ0v) is 19.8. The van der Waals surface area contributed by atoms with E-state index >= 15 is 0 Å². The quantitative estimate of drug-likeness (QED) is 0.394. The molecule has 1 saturated heterocycles. The molecule has 0 saturated carbocycles. The van der Waals surface area contributed by atoms with Gasteiger partial charge in [0.05, 0.1) is 29.4 Å². The van der Waals surface area contributed by atoms with E-state index in [4.69, 9.17) is 27.2 Å². The molecule has 0 aromatic heterocycles. The molecule has 1 atom stereocenters. The standard InChI is InChI=1S/C24H30ClFN4O4/c1-34-22-13-20(27)19(25)12-18(22)23(31)28-14-15-6-9-30(10-7-15)11-8-21(29-24(32)33)16-2-4-17(26)5-3-16/h2-5,12-13,15,21,29H,6-11,14,27H2,1H3,(H,28,31)(H,32,33)/t21-/m0/s1. The Labute approximate surface area is 203 Å². The molecule has 0 unspecified atom stereocenters. The predicted octanol–water partition coefficient (Wildman–Crippen LogP) is 3.91. The summed E-state index contributed by atoms with van der Waals surface area (Å²) in [7, 11) is 1.47. The minimum Gasteiger partial charge on any atom is -0.496 e. The fourth-order valence-corrected chi connectivity index (χ4v) is 4.30. The Morgan fingerprint density at radius 1 is 1.26 bits per heavy atom. The van der Waals surface area contributed by atoms with Crippen molar-refractivity contribution in [1.29, 1.82) is 0 Å². The number of halogens is 2. The number of likely N-dealkylation sites (tertiary alicyclic amines) is 1. The van der Waals surface area contributed by atoms with Gasteiger partial charge in [-0.15, -0.1) is 0 Å². The van der Waals surface area contributed by atoms with Crippen molar-refractivity contribution in [2.45, 2.75) is 25.3 Å². The molecule has 2 aromatic rings. The van der Waals surface area contributed by atoms with Crippen molar-refractivity contribution in [3.63, 3.8) is 0 Å². The van der Waals surface area contributed by atoms with Gasteiger partial charge in [-0.3, -0.25) is 4.79 Å². The Hall–Kier alpha value is -3.04. The van der Waals surface area contributed by atoms with Gasteiger partial charge in [0.2, 0.25) is 0 Å². The highest BCUT2D eigenvalue weighted by Gasteiger charge is 2.23. The van der Waals surface area contributed by atoms with Crippen LogP contribution in [-0.2, 0) is 0 Å². The van der Waals surface area contributed by atoms with Crippen LogP contribution in [0, 0.1) is 11.7 Å². The molecule has 1 fully saturated rings.